The fourth-order valence-electron chi connectivity index (χ4n) is 3.79. The summed E-state index contributed by atoms with van der Waals surface area (Å²) in [6, 6.07) is 11.4. The molecule has 1 fully saturated rings. The molecule has 0 aliphatic carbocycles. The van der Waals surface area contributed by atoms with Gasteiger partial charge in [0, 0.05) is 38.0 Å². The molecule has 1 saturated heterocycles. The molecule has 1 atom stereocenters. The van der Waals surface area contributed by atoms with Gasteiger partial charge < -0.3 is 15.0 Å². The Morgan fingerprint density at radius 1 is 1.12 bits per heavy atom. The van der Waals surface area contributed by atoms with Crippen LogP contribution < -0.4 is 10.0 Å². The molecule has 178 valence electrons. The van der Waals surface area contributed by atoms with E-state index in [-0.39, 0.29) is 22.6 Å². The molecule has 0 unspecified atom stereocenters. The van der Waals surface area contributed by atoms with Crippen LogP contribution in [0.2, 0.25) is 0 Å². The molecule has 2 N–H and O–H groups in total. The van der Waals surface area contributed by atoms with Crippen molar-refractivity contribution in [2.45, 2.75) is 31.6 Å². The lowest BCUT2D eigenvalue weighted by atomic mass is 9.96. The van der Waals surface area contributed by atoms with Crippen LogP contribution in [-0.4, -0.2) is 58.5 Å². The number of ether oxygens (including phenoxy) is 1. The van der Waals surface area contributed by atoms with E-state index in [4.69, 9.17) is 4.74 Å². The Balaban J connectivity index is 1.70. The predicted octanol–water partition coefficient (Wildman–Crippen LogP) is 2.72. The van der Waals surface area contributed by atoms with Gasteiger partial charge in [-0.15, -0.1) is 0 Å². The Morgan fingerprint density at radius 2 is 1.91 bits per heavy atom. The van der Waals surface area contributed by atoms with Gasteiger partial charge in [0.1, 0.15) is 0 Å². The second-order valence-electron chi connectivity index (χ2n) is 8.31. The molecule has 9 heteroatoms. The lowest BCUT2D eigenvalue weighted by Gasteiger charge is -2.32. The molecule has 33 heavy (non-hydrogen) atoms. The van der Waals surface area contributed by atoms with E-state index < -0.39 is 10.0 Å². The summed E-state index contributed by atoms with van der Waals surface area (Å²) in [5, 5.41) is 2.83. The molecule has 2 amide bonds. The van der Waals surface area contributed by atoms with Crippen molar-refractivity contribution in [1.82, 2.24) is 10.2 Å². The largest absolute Gasteiger partial charge is 0.383 e. The number of nitrogens with one attached hydrogen (secondary N) is 2. The van der Waals surface area contributed by atoms with Crippen LogP contribution in [0, 0.1) is 19.8 Å². The Kier molecular flexibility index (Phi) is 8.10. The van der Waals surface area contributed by atoms with Gasteiger partial charge in [-0.1, -0.05) is 12.1 Å². The van der Waals surface area contributed by atoms with Crippen LogP contribution in [0.3, 0.4) is 0 Å². The molecule has 0 spiro atoms. The number of amides is 2. The average Bonchev–Trinajstić information content (AvgIpc) is 2.80. The molecule has 3 rings (SSSR count). The summed E-state index contributed by atoms with van der Waals surface area (Å²) in [7, 11) is -2.22. The molecule has 0 aromatic heterocycles. The van der Waals surface area contributed by atoms with Crippen LogP contribution in [0.1, 0.15) is 34.3 Å². The summed E-state index contributed by atoms with van der Waals surface area (Å²) < 4.78 is 33.1. The number of hydrogen-bond acceptors (Lipinski definition) is 5. The molecular weight excluding hydrogens is 442 g/mol. The summed E-state index contributed by atoms with van der Waals surface area (Å²) in [6.45, 7) is 5.53. The molecule has 8 nitrogen and oxygen atoms in total. The smallest absolute Gasteiger partial charge is 0.261 e. The monoisotopic (exact) mass is 473 g/mol. The van der Waals surface area contributed by atoms with Gasteiger partial charge in [-0.3, -0.25) is 14.3 Å². The van der Waals surface area contributed by atoms with E-state index in [1.54, 1.807) is 48.4 Å². The van der Waals surface area contributed by atoms with Crippen molar-refractivity contribution < 1.29 is 22.7 Å². The standard InChI is InChI=1S/C24H31N3O5S/c1-17-9-10-22(14-18(17)2)33(30,31)26-21-8-4-6-19(15-21)24(29)27-12-5-7-20(16-27)23(28)25-11-13-32-3/h4,6,8-10,14-15,20,26H,5,7,11-13,16H2,1-3H3,(H,25,28)/t20-/m0/s1. The topological polar surface area (TPSA) is 105 Å². The number of carbonyl (C=O) groups excluding carboxylic acids is 2. The third-order valence-corrected chi connectivity index (χ3v) is 7.21. The molecule has 1 aliphatic heterocycles. The molecular formula is C24H31N3O5S. The number of carbonyl (C=O) groups is 2. The first-order chi connectivity index (χ1) is 15.7. The van der Waals surface area contributed by atoms with Crippen molar-refractivity contribution in [3.8, 4) is 0 Å². The number of aryl methyl sites for hydroxylation is 2. The van der Waals surface area contributed by atoms with Crippen LogP contribution >= 0.6 is 0 Å². The van der Waals surface area contributed by atoms with Crippen LogP contribution in [0.15, 0.2) is 47.4 Å². The number of anilines is 1. The minimum Gasteiger partial charge on any atom is -0.383 e. The molecule has 0 radical (unpaired) electrons. The Bertz CT molecular complexity index is 1120. The number of methoxy groups -OCH3 is 1. The second kappa shape index (κ2) is 10.8. The van der Waals surface area contributed by atoms with E-state index in [1.807, 2.05) is 13.8 Å². The van der Waals surface area contributed by atoms with Crippen molar-refractivity contribution in [3.63, 3.8) is 0 Å². The number of sulfonamides is 1. The summed E-state index contributed by atoms with van der Waals surface area (Å²) >= 11 is 0. The van der Waals surface area contributed by atoms with E-state index in [1.165, 1.54) is 6.07 Å². The van der Waals surface area contributed by atoms with Gasteiger partial charge >= 0.3 is 0 Å². The fourth-order valence-corrected chi connectivity index (χ4v) is 4.92. The van der Waals surface area contributed by atoms with Crippen LogP contribution in [0.5, 0.6) is 0 Å². The number of likely N-dealkylation sites (tertiary alicyclic amines) is 1. The van der Waals surface area contributed by atoms with E-state index in [0.29, 0.717) is 37.5 Å². The maximum atomic E-state index is 13.1. The molecule has 1 heterocycles. The van der Waals surface area contributed by atoms with Gasteiger partial charge in [0.15, 0.2) is 0 Å². The van der Waals surface area contributed by atoms with Crippen molar-refractivity contribution >= 4 is 27.5 Å². The van der Waals surface area contributed by atoms with Gasteiger partial charge in [-0.05, 0) is 68.1 Å². The molecule has 2 aromatic carbocycles. The summed E-state index contributed by atoms with van der Waals surface area (Å²) in [5.74, 6) is -0.581. The maximum absolute atomic E-state index is 13.1. The van der Waals surface area contributed by atoms with E-state index in [0.717, 1.165) is 24.0 Å². The quantitative estimate of drug-likeness (QED) is 0.574. The van der Waals surface area contributed by atoms with Crippen LogP contribution in [-0.2, 0) is 19.6 Å². The third-order valence-electron chi connectivity index (χ3n) is 5.84. The highest BCUT2D eigenvalue weighted by Crippen LogP contribution is 2.22. The van der Waals surface area contributed by atoms with Crippen molar-refractivity contribution in [2.24, 2.45) is 5.92 Å². The summed E-state index contributed by atoms with van der Waals surface area (Å²) in [5.41, 5.74) is 2.57. The highest BCUT2D eigenvalue weighted by atomic mass is 32.2. The fraction of sp³-hybridized carbons (Fsp3) is 0.417. The third kappa shape index (κ3) is 6.33. The van der Waals surface area contributed by atoms with Crippen molar-refractivity contribution in [1.29, 1.82) is 0 Å². The van der Waals surface area contributed by atoms with Crippen LogP contribution in [0.4, 0.5) is 5.69 Å². The Labute approximate surface area is 195 Å². The Morgan fingerprint density at radius 3 is 2.64 bits per heavy atom. The second-order valence-corrected chi connectivity index (χ2v) is 9.99. The first-order valence-electron chi connectivity index (χ1n) is 11.0. The SMILES string of the molecule is COCCNC(=O)[C@H]1CCCN(C(=O)c2cccc(NS(=O)(=O)c3ccc(C)c(C)c3)c2)C1. The normalized spacial score (nSPS) is 16.3. The molecule has 0 saturated carbocycles. The zero-order valence-electron chi connectivity index (χ0n) is 19.3. The summed E-state index contributed by atoms with van der Waals surface area (Å²) in [4.78, 5) is 27.3. The lowest BCUT2D eigenvalue weighted by molar-refractivity contribution is -0.126. The van der Waals surface area contributed by atoms with Gasteiger partial charge in [-0.25, -0.2) is 8.42 Å². The zero-order chi connectivity index (χ0) is 24.0. The van der Waals surface area contributed by atoms with Crippen molar-refractivity contribution in [2.75, 3.05) is 38.1 Å². The van der Waals surface area contributed by atoms with Gasteiger partial charge in [0.05, 0.1) is 17.4 Å². The lowest BCUT2D eigenvalue weighted by Crippen LogP contribution is -2.45. The number of hydrogen-bond donors (Lipinski definition) is 2. The number of benzene rings is 2. The van der Waals surface area contributed by atoms with E-state index in [2.05, 4.69) is 10.0 Å². The minimum atomic E-state index is -3.79. The first-order valence-corrected chi connectivity index (χ1v) is 12.5. The molecule has 0 bridgehead atoms. The maximum Gasteiger partial charge on any atom is 0.261 e. The van der Waals surface area contributed by atoms with E-state index in [9.17, 15) is 18.0 Å². The highest BCUT2D eigenvalue weighted by Gasteiger charge is 2.29. The van der Waals surface area contributed by atoms with Gasteiger partial charge in [0.2, 0.25) is 5.91 Å². The van der Waals surface area contributed by atoms with Gasteiger partial charge in [-0.2, -0.15) is 0 Å². The van der Waals surface area contributed by atoms with Crippen LogP contribution in [0.25, 0.3) is 0 Å². The first kappa shape index (κ1) is 24.7. The predicted molar refractivity (Wildman–Crippen MR) is 127 cm³/mol. The molecule has 2 aromatic rings. The minimum absolute atomic E-state index is 0.0838. The van der Waals surface area contributed by atoms with Crippen molar-refractivity contribution in [3.05, 3.63) is 59.2 Å². The Hall–Kier alpha value is -2.91. The summed E-state index contributed by atoms with van der Waals surface area (Å²) in [6.07, 6.45) is 1.45. The van der Waals surface area contributed by atoms with E-state index >= 15 is 0 Å². The number of nitrogens with zero attached hydrogens (tertiary/aromatic N) is 1. The van der Waals surface area contributed by atoms with Gasteiger partial charge in [0.25, 0.3) is 15.9 Å². The molecule has 1 aliphatic rings. The highest BCUT2D eigenvalue weighted by molar-refractivity contribution is 7.92. The number of rotatable bonds is 8. The average molecular weight is 474 g/mol. The number of piperidine rings is 1. The zero-order valence-corrected chi connectivity index (χ0v) is 20.1.